The number of carboxylic acids is 2. The Balaban J connectivity index is -0.0000000883. The van der Waals surface area contributed by atoms with E-state index in [4.69, 9.17) is 10.2 Å². The molecule has 0 rings (SSSR count). The van der Waals surface area contributed by atoms with Gasteiger partial charge in [-0.3, -0.25) is 4.79 Å². The quantitative estimate of drug-likeness (QED) is 0.464. The summed E-state index contributed by atoms with van der Waals surface area (Å²) in [5.74, 6) is -2.44. The second kappa shape index (κ2) is 12.7. The van der Waals surface area contributed by atoms with E-state index in [0.29, 0.717) is 0 Å². The van der Waals surface area contributed by atoms with E-state index >= 15 is 0 Å². The normalized spacial score (nSPS) is 7.57. The summed E-state index contributed by atoms with van der Waals surface area (Å²) < 4.78 is 0. The SMILES string of the molecule is C=C(CC(=O)O)C(=O)O.CCCC.[H-].[Na+]. The number of carbonyl (C=O) groups is 2. The number of carboxylic acid groups (broad SMARTS) is 2. The molecule has 78 valence electrons. The van der Waals surface area contributed by atoms with Crippen LogP contribution in [0.25, 0.3) is 0 Å². The molecule has 0 atom stereocenters. The smallest absolute Gasteiger partial charge is 1.00 e. The fraction of sp³-hybridized carbons (Fsp3) is 0.556. The van der Waals surface area contributed by atoms with Crippen LogP contribution in [0.5, 0.6) is 0 Å². The number of unbranched alkanes of at least 4 members (excludes halogenated alkanes) is 1. The van der Waals surface area contributed by atoms with Gasteiger partial charge >= 0.3 is 41.5 Å². The van der Waals surface area contributed by atoms with Crippen molar-refractivity contribution < 1.29 is 50.8 Å². The average molecular weight is 212 g/mol. The van der Waals surface area contributed by atoms with Gasteiger partial charge in [0.1, 0.15) is 0 Å². The van der Waals surface area contributed by atoms with Crippen LogP contribution in [0.15, 0.2) is 12.2 Å². The summed E-state index contributed by atoms with van der Waals surface area (Å²) in [6, 6.07) is 0. The fourth-order valence-electron chi connectivity index (χ4n) is 0.258. The van der Waals surface area contributed by atoms with E-state index in [1.165, 1.54) is 12.8 Å². The molecular formula is C9H17NaO4. The largest absolute Gasteiger partial charge is 1.00 e. The van der Waals surface area contributed by atoms with Crippen LogP contribution < -0.4 is 29.6 Å². The summed E-state index contributed by atoms with van der Waals surface area (Å²) in [5, 5.41) is 16.1. The van der Waals surface area contributed by atoms with Gasteiger partial charge in [-0.05, 0) is 0 Å². The molecular weight excluding hydrogens is 195 g/mol. The zero-order valence-electron chi connectivity index (χ0n) is 10.0. The molecule has 5 heteroatoms. The van der Waals surface area contributed by atoms with Crippen molar-refractivity contribution in [3.8, 4) is 0 Å². The van der Waals surface area contributed by atoms with E-state index in [0.717, 1.165) is 0 Å². The standard InChI is InChI=1S/C5H6O4.C4H10.Na.H/c1-3(5(8)9)2-4(6)7;1-3-4-2;;/h1-2H2,(H,6,7)(H,8,9);3-4H2,1-2H3;;/q;;+1;-1. The number of hydrogen-bond acceptors (Lipinski definition) is 2. The third-order valence-electron chi connectivity index (χ3n) is 1.17. The van der Waals surface area contributed by atoms with Gasteiger partial charge in [-0.25, -0.2) is 4.79 Å². The van der Waals surface area contributed by atoms with Crippen molar-refractivity contribution in [1.29, 1.82) is 0 Å². The predicted octanol–water partition coefficient (Wildman–Crippen LogP) is -0.975. The van der Waals surface area contributed by atoms with Gasteiger partial charge in [-0.1, -0.05) is 33.3 Å². The van der Waals surface area contributed by atoms with Crippen LogP contribution in [-0.2, 0) is 9.59 Å². The second-order valence-corrected chi connectivity index (χ2v) is 2.48. The van der Waals surface area contributed by atoms with Gasteiger partial charge in [0.2, 0.25) is 0 Å². The van der Waals surface area contributed by atoms with Crippen LogP contribution in [0.4, 0.5) is 0 Å². The topological polar surface area (TPSA) is 74.6 Å². The van der Waals surface area contributed by atoms with Gasteiger partial charge in [0.25, 0.3) is 0 Å². The molecule has 0 saturated carbocycles. The predicted molar refractivity (Wildman–Crippen MR) is 50.7 cm³/mol. The van der Waals surface area contributed by atoms with Crippen molar-refractivity contribution in [2.24, 2.45) is 0 Å². The van der Waals surface area contributed by atoms with Gasteiger partial charge in [0, 0.05) is 5.57 Å². The summed E-state index contributed by atoms with van der Waals surface area (Å²) >= 11 is 0. The number of rotatable bonds is 4. The van der Waals surface area contributed by atoms with Crippen molar-refractivity contribution in [1.82, 2.24) is 0 Å². The van der Waals surface area contributed by atoms with Crippen molar-refractivity contribution in [3.05, 3.63) is 12.2 Å². The molecule has 0 aromatic rings. The Morgan fingerprint density at radius 1 is 1.21 bits per heavy atom. The van der Waals surface area contributed by atoms with Gasteiger partial charge in [-0.2, -0.15) is 0 Å². The summed E-state index contributed by atoms with van der Waals surface area (Å²) in [7, 11) is 0. The molecule has 4 nitrogen and oxygen atoms in total. The first-order valence-electron chi connectivity index (χ1n) is 4.08. The van der Waals surface area contributed by atoms with Crippen LogP contribution in [0.2, 0.25) is 0 Å². The molecule has 0 bridgehead atoms. The van der Waals surface area contributed by atoms with Crippen LogP contribution in [0, 0.1) is 0 Å². The zero-order valence-corrected chi connectivity index (χ0v) is 11.0. The summed E-state index contributed by atoms with van der Waals surface area (Å²) in [6.45, 7) is 7.38. The van der Waals surface area contributed by atoms with E-state index in [9.17, 15) is 9.59 Å². The molecule has 0 aliphatic carbocycles. The average Bonchev–Trinajstić information content (AvgIpc) is 2.03. The Labute approximate surface area is 108 Å². The molecule has 0 fully saturated rings. The molecule has 2 N–H and O–H groups in total. The maximum Gasteiger partial charge on any atom is 1.00 e. The van der Waals surface area contributed by atoms with Crippen molar-refractivity contribution in [2.45, 2.75) is 33.1 Å². The zero-order chi connectivity index (χ0) is 10.9. The Bertz CT molecular complexity index is 193. The molecule has 0 aromatic heterocycles. The van der Waals surface area contributed by atoms with Gasteiger partial charge < -0.3 is 11.6 Å². The molecule has 0 aliphatic heterocycles. The molecule has 0 heterocycles. The summed E-state index contributed by atoms with van der Waals surface area (Å²) in [5.41, 5.74) is -0.303. The van der Waals surface area contributed by atoms with Crippen LogP contribution >= 0.6 is 0 Å². The molecule has 0 saturated heterocycles. The molecule has 0 radical (unpaired) electrons. The van der Waals surface area contributed by atoms with Crippen molar-refractivity contribution in [3.63, 3.8) is 0 Å². The minimum atomic E-state index is -1.27. The minimum absolute atomic E-state index is 0. The monoisotopic (exact) mass is 212 g/mol. The van der Waals surface area contributed by atoms with Crippen molar-refractivity contribution in [2.75, 3.05) is 0 Å². The first kappa shape index (κ1) is 19.3. The van der Waals surface area contributed by atoms with Gasteiger partial charge in [-0.15, -0.1) is 0 Å². The van der Waals surface area contributed by atoms with Gasteiger partial charge in [0.05, 0.1) is 6.42 Å². The molecule has 14 heavy (non-hydrogen) atoms. The molecule has 0 aliphatic rings. The molecule has 0 spiro atoms. The van der Waals surface area contributed by atoms with Crippen LogP contribution in [0.3, 0.4) is 0 Å². The van der Waals surface area contributed by atoms with E-state index < -0.39 is 18.4 Å². The second-order valence-electron chi connectivity index (χ2n) is 2.48. The third kappa shape index (κ3) is 17.7. The Hall–Kier alpha value is -0.320. The first-order chi connectivity index (χ1) is 5.95. The molecule has 0 amide bonds. The molecule has 0 unspecified atom stereocenters. The summed E-state index contributed by atoms with van der Waals surface area (Å²) in [4.78, 5) is 19.7. The third-order valence-corrected chi connectivity index (χ3v) is 1.17. The van der Waals surface area contributed by atoms with Crippen LogP contribution in [0.1, 0.15) is 34.5 Å². The Kier molecular flexibility index (Phi) is 17.5. The Morgan fingerprint density at radius 3 is 1.64 bits per heavy atom. The van der Waals surface area contributed by atoms with E-state index in [-0.39, 0.29) is 36.6 Å². The minimum Gasteiger partial charge on any atom is -1.00 e. The maximum absolute atomic E-state index is 9.87. The first-order valence-corrected chi connectivity index (χ1v) is 4.08. The summed E-state index contributed by atoms with van der Waals surface area (Å²) in [6.07, 6.45) is 2.13. The number of hydrogen-bond donors (Lipinski definition) is 2. The fourth-order valence-corrected chi connectivity index (χ4v) is 0.258. The van der Waals surface area contributed by atoms with E-state index in [2.05, 4.69) is 20.4 Å². The number of aliphatic carboxylic acids is 2. The van der Waals surface area contributed by atoms with E-state index in [1.54, 1.807) is 0 Å². The van der Waals surface area contributed by atoms with Crippen molar-refractivity contribution >= 4 is 11.9 Å². The van der Waals surface area contributed by atoms with Gasteiger partial charge in [0.15, 0.2) is 0 Å². The maximum atomic E-state index is 9.87. The molecule has 0 aromatic carbocycles. The Morgan fingerprint density at radius 2 is 1.57 bits per heavy atom. The van der Waals surface area contributed by atoms with Crippen LogP contribution in [-0.4, -0.2) is 22.2 Å². The van der Waals surface area contributed by atoms with E-state index in [1.807, 2.05) is 0 Å².